The van der Waals surface area contributed by atoms with Gasteiger partial charge in [0.25, 0.3) is 5.91 Å². The molecule has 0 aliphatic carbocycles. The summed E-state index contributed by atoms with van der Waals surface area (Å²) >= 11 is 0. The van der Waals surface area contributed by atoms with Crippen LogP contribution in [0.25, 0.3) is 0 Å². The number of amides is 1. The Labute approximate surface area is 140 Å². The van der Waals surface area contributed by atoms with Gasteiger partial charge in [0.2, 0.25) is 0 Å². The zero-order chi connectivity index (χ0) is 16.6. The highest BCUT2D eigenvalue weighted by Gasteiger charge is 2.02. The molecule has 0 saturated heterocycles. The van der Waals surface area contributed by atoms with Crippen LogP contribution in [0.3, 0.4) is 0 Å². The summed E-state index contributed by atoms with van der Waals surface area (Å²) in [6, 6.07) is 26.0. The summed E-state index contributed by atoms with van der Waals surface area (Å²) in [7, 11) is 0. The number of hydrogen-bond donors (Lipinski definition) is 1. The second kappa shape index (κ2) is 7.74. The van der Waals surface area contributed by atoms with Gasteiger partial charge in [0, 0.05) is 5.56 Å². The fourth-order valence-electron chi connectivity index (χ4n) is 2.10. The minimum Gasteiger partial charge on any atom is -0.457 e. The first-order chi connectivity index (χ1) is 11.8. The van der Waals surface area contributed by atoms with E-state index in [0.29, 0.717) is 11.3 Å². The lowest BCUT2D eigenvalue weighted by Crippen LogP contribution is -2.17. The molecule has 0 unspecified atom stereocenters. The lowest BCUT2D eigenvalue weighted by atomic mass is 10.2. The standard InChI is InChI=1S/C20H16N2O2/c23-20(17-9-3-1-4-10-17)22-21-15-16-8-7-13-19(14-16)24-18-11-5-2-6-12-18/h1-15H,(H,22,23)/b21-15-. The molecule has 0 atom stereocenters. The smallest absolute Gasteiger partial charge is 0.271 e. The largest absolute Gasteiger partial charge is 0.457 e. The SMILES string of the molecule is O=C(N/N=C\c1cccc(Oc2ccccc2)c1)c1ccccc1. The van der Waals surface area contributed by atoms with E-state index >= 15 is 0 Å². The monoisotopic (exact) mass is 316 g/mol. The number of ether oxygens (including phenoxy) is 1. The Morgan fingerprint density at radius 1 is 0.833 bits per heavy atom. The molecule has 3 rings (SSSR count). The van der Waals surface area contributed by atoms with E-state index in [2.05, 4.69) is 10.5 Å². The van der Waals surface area contributed by atoms with Gasteiger partial charge < -0.3 is 4.74 Å². The predicted octanol–water partition coefficient (Wildman–Crippen LogP) is 4.24. The summed E-state index contributed by atoms with van der Waals surface area (Å²) in [5, 5.41) is 3.99. The maximum absolute atomic E-state index is 11.9. The Morgan fingerprint density at radius 2 is 1.50 bits per heavy atom. The maximum atomic E-state index is 11.9. The van der Waals surface area contributed by atoms with Gasteiger partial charge in [-0.1, -0.05) is 48.5 Å². The number of nitrogens with one attached hydrogen (secondary N) is 1. The molecule has 0 aliphatic heterocycles. The van der Waals surface area contributed by atoms with Crippen LogP contribution in [0.4, 0.5) is 0 Å². The van der Waals surface area contributed by atoms with E-state index in [0.717, 1.165) is 11.3 Å². The summed E-state index contributed by atoms with van der Waals surface area (Å²) in [5.74, 6) is 1.23. The number of rotatable bonds is 5. The van der Waals surface area contributed by atoms with Crippen LogP contribution in [0, 0.1) is 0 Å². The summed E-state index contributed by atoms with van der Waals surface area (Å²) in [5.41, 5.74) is 3.90. The van der Waals surface area contributed by atoms with Crippen molar-refractivity contribution in [1.82, 2.24) is 5.43 Å². The Kier molecular flexibility index (Phi) is 5.00. The second-order valence-corrected chi connectivity index (χ2v) is 5.05. The van der Waals surface area contributed by atoms with Crippen molar-refractivity contribution in [3.05, 3.63) is 96.1 Å². The van der Waals surface area contributed by atoms with Crippen LogP contribution < -0.4 is 10.2 Å². The molecule has 4 nitrogen and oxygen atoms in total. The van der Waals surface area contributed by atoms with Crippen LogP contribution in [0.2, 0.25) is 0 Å². The number of hydrazone groups is 1. The van der Waals surface area contributed by atoms with Gasteiger partial charge in [-0.2, -0.15) is 5.10 Å². The predicted molar refractivity (Wildman–Crippen MR) is 94.5 cm³/mol. The van der Waals surface area contributed by atoms with Crippen molar-refractivity contribution in [2.45, 2.75) is 0 Å². The third-order valence-corrected chi connectivity index (χ3v) is 3.25. The molecular formula is C20H16N2O2. The van der Waals surface area contributed by atoms with Gasteiger partial charge in [0.05, 0.1) is 6.21 Å². The number of benzene rings is 3. The van der Waals surface area contributed by atoms with Crippen LogP contribution in [0.5, 0.6) is 11.5 Å². The number of hydrogen-bond acceptors (Lipinski definition) is 3. The zero-order valence-corrected chi connectivity index (χ0v) is 12.9. The molecule has 0 bridgehead atoms. The van der Waals surface area contributed by atoms with Crippen LogP contribution in [-0.2, 0) is 0 Å². The molecule has 0 aromatic heterocycles. The molecule has 1 amide bonds. The molecule has 0 spiro atoms. The molecule has 4 heteroatoms. The van der Waals surface area contributed by atoms with Gasteiger partial charge in [0.1, 0.15) is 11.5 Å². The Morgan fingerprint density at radius 3 is 2.25 bits per heavy atom. The van der Waals surface area contributed by atoms with Crippen LogP contribution in [0.1, 0.15) is 15.9 Å². The fraction of sp³-hybridized carbons (Fsp3) is 0. The fourth-order valence-corrected chi connectivity index (χ4v) is 2.10. The van der Waals surface area contributed by atoms with Crippen LogP contribution in [0.15, 0.2) is 90.0 Å². The average molecular weight is 316 g/mol. The molecule has 0 aliphatic rings. The quantitative estimate of drug-likeness (QED) is 0.565. The van der Waals surface area contributed by atoms with Gasteiger partial charge >= 0.3 is 0 Å². The highest BCUT2D eigenvalue weighted by atomic mass is 16.5. The zero-order valence-electron chi connectivity index (χ0n) is 12.9. The highest BCUT2D eigenvalue weighted by molar-refractivity contribution is 5.94. The first-order valence-electron chi connectivity index (χ1n) is 7.53. The topological polar surface area (TPSA) is 50.7 Å². The van der Waals surface area contributed by atoms with Crippen molar-refractivity contribution in [1.29, 1.82) is 0 Å². The third kappa shape index (κ3) is 4.30. The lowest BCUT2D eigenvalue weighted by molar-refractivity contribution is 0.0955. The Hall–Kier alpha value is -3.40. The summed E-state index contributed by atoms with van der Waals surface area (Å²) in [6.45, 7) is 0. The average Bonchev–Trinajstić information content (AvgIpc) is 2.63. The summed E-state index contributed by atoms with van der Waals surface area (Å²) in [6.07, 6.45) is 1.58. The van der Waals surface area contributed by atoms with Crippen LogP contribution >= 0.6 is 0 Å². The van der Waals surface area contributed by atoms with Crippen molar-refractivity contribution in [2.75, 3.05) is 0 Å². The van der Waals surface area contributed by atoms with Gasteiger partial charge in [-0.15, -0.1) is 0 Å². The first kappa shape index (κ1) is 15.5. The maximum Gasteiger partial charge on any atom is 0.271 e. The number of carbonyl (C=O) groups is 1. The van der Waals surface area contributed by atoms with Crippen molar-refractivity contribution >= 4 is 12.1 Å². The number of carbonyl (C=O) groups excluding carboxylic acids is 1. The minimum absolute atomic E-state index is 0.247. The van der Waals surface area contributed by atoms with Crippen molar-refractivity contribution in [3.63, 3.8) is 0 Å². The van der Waals surface area contributed by atoms with Gasteiger partial charge in [-0.05, 0) is 42.0 Å². The van der Waals surface area contributed by atoms with E-state index in [1.807, 2.05) is 72.8 Å². The van der Waals surface area contributed by atoms with Crippen LogP contribution in [-0.4, -0.2) is 12.1 Å². The molecule has 24 heavy (non-hydrogen) atoms. The number of nitrogens with zero attached hydrogens (tertiary/aromatic N) is 1. The van der Waals surface area contributed by atoms with Crippen molar-refractivity contribution in [3.8, 4) is 11.5 Å². The molecule has 0 radical (unpaired) electrons. The molecule has 1 N–H and O–H groups in total. The molecule has 0 heterocycles. The van der Waals surface area contributed by atoms with E-state index in [4.69, 9.17) is 4.74 Å². The minimum atomic E-state index is -0.247. The van der Waals surface area contributed by atoms with E-state index in [9.17, 15) is 4.79 Å². The van der Waals surface area contributed by atoms with E-state index in [-0.39, 0.29) is 5.91 Å². The molecule has 3 aromatic rings. The van der Waals surface area contributed by atoms with Crippen molar-refractivity contribution < 1.29 is 9.53 Å². The number of para-hydroxylation sites is 1. The van der Waals surface area contributed by atoms with Gasteiger partial charge in [-0.25, -0.2) is 5.43 Å². The lowest BCUT2D eigenvalue weighted by Gasteiger charge is -2.05. The first-order valence-corrected chi connectivity index (χ1v) is 7.53. The summed E-state index contributed by atoms with van der Waals surface area (Å²) < 4.78 is 5.77. The second-order valence-electron chi connectivity index (χ2n) is 5.05. The molecule has 118 valence electrons. The molecule has 0 saturated carbocycles. The Balaban J connectivity index is 1.63. The molecule has 3 aromatic carbocycles. The van der Waals surface area contributed by atoms with E-state index in [1.54, 1.807) is 18.3 Å². The van der Waals surface area contributed by atoms with E-state index < -0.39 is 0 Å². The third-order valence-electron chi connectivity index (χ3n) is 3.25. The van der Waals surface area contributed by atoms with E-state index in [1.165, 1.54) is 0 Å². The summed E-state index contributed by atoms with van der Waals surface area (Å²) in [4.78, 5) is 11.9. The van der Waals surface area contributed by atoms with Gasteiger partial charge in [0.15, 0.2) is 0 Å². The molecular weight excluding hydrogens is 300 g/mol. The Bertz CT molecular complexity index is 831. The highest BCUT2D eigenvalue weighted by Crippen LogP contribution is 2.21. The normalized spacial score (nSPS) is 10.5. The van der Waals surface area contributed by atoms with Crippen molar-refractivity contribution in [2.24, 2.45) is 5.10 Å². The van der Waals surface area contributed by atoms with Gasteiger partial charge in [-0.3, -0.25) is 4.79 Å². The molecule has 0 fully saturated rings.